The number of hydrogen-bond acceptors (Lipinski definition) is 3. The van der Waals surface area contributed by atoms with Crippen molar-refractivity contribution >= 4 is 5.97 Å². The number of hydrogen-bond donors (Lipinski definition) is 2. The molecule has 2 atom stereocenters. The van der Waals surface area contributed by atoms with E-state index < -0.39 is 11.5 Å². The molecule has 0 amide bonds. The smallest absolute Gasteiger partial charge is 0.324 e. The summed E-state index contributed by atoms with van der Waals surface area (Å²) >= 11 is 0. The van der Waals surface area contributed by atoms with Crippen LogP contribution in [-0.2, 0) is 9.53 Å². The molecule has 0 aromatic rings. The average molecular weight is 215 g/mol. The molecule has 0 saturated heterocycles. The Labute approximate surface area is 91.0 Å². The molecule has 0 aliphatic heterocycles. The van der Waals surface area contributed by atoms with Crippen molar-refractivity contribution in [2.24, 2.45) is 5.92 Å². The van der Waals surface area contributed by atoms with Gasteiger partial charge in [-0.15, -0.1) is 0 Å². The van der Waals surface area contributed by atoms with Gasteiger partial charge in [0.15, 0.2) is 0 Å². The number of ether oxygens (including phenoxy) is 1. The Kier molecular flexibility index (Phi) is 4.54. The van der Waals surface area contributed by atoms with Crippen LogP contribution in [0.5, 0.6) is 0 Å². The van der Waals surface area contributed by atoms with E-state index >= 15 is 0 Å². The molecule has 0 radical (unpaired) electrons. The minimum Gasteiger partial charge on any atom is -0.480 e. The molecule has 2 N–H and O–H groups in total. The topological polar surface area (TPSA) is 58.6 Å². The second kappa shape index (κ2) is 5.47. The largest absolute Gasteiger partial charge is 0.480 e. The molecule has 0 bridgehead atoms. The summed E-state index contributed by atoms with van der Waals surface area (Å²) in [7, 11) is 1.63. The van der Waals surface area contributed by atoms with Crippen LogP contribution in [0.15, 0.2) is 0 Å². The molecule has 0 spiro atoms. The molecular weight excluding hydrogens is 194 g/mol. The van der Waals surface area contributed by atoms with Crippen molar-refractivity contribution in [3.8, 4) is 0 Å². The molecule has 4 nitrogen and oxygen atoms in total. The van der Waals surface area contributed by atoms with Gasteiger partial charge in [0.2, 0.25) is 0 Å². The Morgan fingerprint density at radius 2 is 2.40 bits per heavy atom. The van der Waals surface area contributed by atoms with Gasteiger partial charge in [-0.25, -0.2) is 0 Å². The van der Waals surface area contributed by atoms with E-state index in [1.807, 2.05) is 0 Å². The third-order valence-electron chi connectivity index (χ3n) is 3.44. The molecular formula is C11H21NO3. The minimum atomic E-state index is -0.706. The summed E-state index contributed by atoms with van der Waals surface area (Å²) in [4.78, 5) is 11.4. The van der Waals surface area contributed by atoms with Gasteiger partial charge in [0, 0.05) is 13.7 Å². The number of carboxylic acids is 1. The van der Waals surface area contributed by atoms with Gasteiger partial charge in [0.1, 0.15) is 5.54 Å². The zero-order valence-corrected chi connectivity index (χ0v) is 9.58. The normalized spacial score (nSPS) is 30.7. The van der Waals surface area contributed by atoms with Crippen LogP contribution in [0.1, 0.15) is 32.6 Å². The standard InChI is InChI=1S/C11H21NO3/c1-3-9-5-4-6-11(9,10(13)14)12-7-8-15-2/h9,12H,3-8H2,1-2H3,(H,13,14). The van der Waals surface area contributed by atoms with E-state index in [-0.39, 0.29) is 5.92 Å². The summed E-state index contributed by atoms with van der Waals surface area (Å²) in [6.07, 6.45) is 3.68. The highest BCUT2D eigenvalue weighted by Gasteiger charge is 2.47. The Balaban J connectivity index is 2.65. The van der Waals surface area contributed by atoms with E-state index in [9.17, 15) is 9.90 Å². The predicted octanol–water partition coefficient (Wildman–Crippen LogP) is 1.26. The number of carbonyl (C=O) groups is 1. The molecule has 0 heterocycles. The van der Waals surface area contributed by atoms with E-state index in [2.05, 4.69) is 12.2 Å². The molecule has 4 heteroatoms. The monoisotopic (exact) mass is 215 g/mol. The predicted molar refractivity (Wildman–Crippen MR) is 57.9 cm³/mol. The third-order valence-corrected chi connectivity index (χ3v) is 3.44. The first-order valence-corrected chi connectivity index (χ1v) is 5.64. The molecule has 1 aliphatic rings. The van der Waals surface area contributed by atoms with Gasteiger partial charge in [-0.2, -0.15) is 0 Å². The van der Waals surface area contributed by atoms with Crippen molar-refractivity contribution in [2.45, 2.75) is 38.1 Å². The van der Waals surface area contributed by atoms with E-state index in [4.69, 9.17) is 4.74 Å². The molecule has 0 aromatic heterocycles. The lowest BCUT2D eigenvalue weighted by Crippen LogP contribution is -2.55. The second-order valence-corrected chi connectivity index (χ2v) is 4.19. The van der Waals surface area contributed by atoms with Crippen molar-refractivity contribution in [2.75, 3.05) is 20.3 Å². The number of nitrogens with one attached hydrogen (secondary N) is 1. The lowest BCUT2D eigenvalue weighted by molar-refractivity contribution is -0.146. The van der Waals surface area contributed by atoms with Crippen molar-refractivity contribution in [3.63, 3.8) is 0 Å². The fourth-order valence-electron chi connectivity index (χ4n) is 2.60. The molecule has 1 fully saturated rings. The number of rotatable bonds is 6. The molecule has 1 saturated carbocycles. The van der Waals surface area contributed by atoms with Gasteiger partial charge in [-0.1, -0.05) is 19.8 Å². The summed E-state index contributed by atoms with van der Waals surface area (Å²) in [6, 6.07) is 0. The van der Waals surface area contributed by atoms with E-state index in [0.717, 1.165) is 25.7 Å². The Hall–Kier alpha value is -0.610. The number of methoxy groups -OCH3 is 1. The summed E-state index contributed by atoms with van der Waals surface area (Å²) in [5.41, 5.74) is -0.701. The van der Waals surface area contributed by atoms with Crippen LogP contribution in [0.3, 0.4) is 0 Å². The van der Waals surface area contributed by atoms with Crippen LogP contribution in [0.4, 0.5) is 0 Å². The van der Waals surface area contributed by atoms with Crippen molar-refractivity contribution in [1.29, 1.82) is 0 Å². The van der Waals surface area contributed by atoms with Gasteiger partial charge in [0.25, 0.3) is 0 Å². The quantitative estimate of drug-likeness (QED) is 0.655. The van der Waals surface area contributed by atoms with Crippen molar-refractivity contribution in [3.05, 3.63) is 0 Å². The maximum Gasteiger partial charge on any atom is 0.324 e. The van der Waals surface area contributed by atoms with Gasteiger partial charge < -0.3 is 9.84 Å². The molecule has 15 heavy (non-hydrogen) atoms. The number of carboxylic acid groups (broad SMARTS) is 1. The van der Waals surface area contributed by atoms with Crippen LogP contribution < -0.4 is 5.32 Å². The van der Waals surface area contributed by atoms with Crippen LogP contribution in [-0.4, -0.2) is 36.9 Å². The summed E-state index contributed by atoms with van der Waals surface area (Å²) < 4.78 is 4.94. The lowest BCUT2D eigenvalue weighted by atomic mass is 9.85. The van der Waals surface area contributed by atoms with Gasteiger partial charge in [0.05, 0.1) is 6.61 Å². The maximum absolute atomic E-state index is 11.4. The minimum absolute atomic E-state index is 0.256. The molecule has 0 aromatic carbocycles. The molecule has 88 valence electrons. The average Bonchev–Trinajstić information content (AvgIpc) is 2.62. The van der Waals surface area contributed by atoms with Gasteiger partial charge in [-0.05, 0) is 18.8 Å². The summed E-state index contributed by atoms with van der Waals surface area (Å²) in [5.74, 6) is -0.449. The number of aliphatic carboxylic acids is 1. The first-order chi connectivity index (χ1) is 7.17. The molecule has 2 unspecified atom stereocenters. The van der Waals surface area contributed by atoms with Crippen LogP contribution in [0, 0.1) is 5.92 Å². The van der Waals surface area contributed by atoms with Crippen LogP contribution in [0.2, 0.25) is 0 Å². The highest BCUT2D eigenvalue weighted by molar-refractivity contribution is 5.79. The summed E-state index contributed by atoms with van der Waals surface area (Å²) in [5, 5.41) is 12.5. The highest BCUT2D eigenvalue weighted by Crippen LogP contribution is 2.37. The first-order valence-electron chi connectivity index (χ1n) is 5.64. The summed E-state index contributed by atoms with van der Waals surface area (Å²) in [6.45, 7) is 3.23. The highest BCUT2D eigenvalue weighted by atomic mass is 16.5. The maximum atomic E-state index is 11.4. The fraction of sp³-hybridized carbons (Fsp3) is 0.909. The molecule has 1 rings (SSSR count). The van der Waals surface area contributed by atoms with E-state index in [1.165, 1.54) is 0 Å². The van der Waals surface area contributed by atoms with E-state index in [1.54, 1.807) is 7.11 Å². The van der Waals surface area contributed by atoms with Crippen LogP contribution in [0.25, 0.3) is 0 Å². The van der Waals surface area contributed by atoms with Crippen molar-refractivity contribution < 1.29 is 14.6 Å². The Morgan fingerprint density at radius 1 is 1.67 bits per heavy atom. The van der Waals surface area contributed by atoms with Crippen LogP contribution >= 0.6 is 0 Å². The zero-order valence-electron chi connectivity index (χ0n) is 9.58. The molecule has 1 aliphatic carbocycles. The third kappa shape index (κ3) is 2.49. The van der Waals surface area contributed by atoms with Crippen molar-refractivity contribution in [1.82, 2.24) is 5.32 Å². The SMILES string of the molecule is CCC1CCCC1(NCCOC)C(=O)O. The van der Waals surface area contributed by atoms with E-state index in [0.29, 0.717) is 13.2 Å². The Bertz CT molecular complexity index is 220. The Morgan fingerprint density at radius 3 is 2.93 bits per heavy atom. The second-order valence-electron chi connectivity index (χ2n) is 4.19. The lowest BCUT2D eigenvalue weighted by Gasteiger charge is -2.32. The van der Waals surface area contributed by atoms with Gasteiger partial charge in [-0.3, -0.25) is 10.1 Å². The zero-order chi connectivity index (χ0) is 11.3. The van der Waals surface area contributed by atoms with Gasteiger partial charge >= 0.3 is 5.97 Å². The first kappa shape index (κ1) is 12.5. The fourth-order valence-corrected chi connectivity index (χ4v) is 2.60.